The van der Waals surface area contributed by atoms with Crippen LogP contribution in [0, 0.1) is 0 Å². The Morgan fingerprint density at radius 3 is 2.80 bits per heavy atom. The summed E-state index contributed by atoms with van der Waals surface area (Å²) in [4.78, 5) is 11.9. The monoisotopic (exact) mass is 278 g/mol. The van der Waals surface area contributed by atoms with Crippen molar-refractivity contribution in [3.63, 3.8) is 0 Å². The smallest absolute Gasteiger partial charge is 0.220 e. The van der Waals surface area contributed by atoms with Crippen molar-refractivity contribution in [3.05, 3.63) is 29.8 Å². The summed E-state index contributed by atoms with van der Waals surface area (Å²) in [5.41, 5.74) is 6.74. The summed E-state index contributed by atoms with van der Waals surface area (Å²) in [5.74, 6) is 0.893. The predicted molar refractivity (Wildman–Crippen MR) is 81.8 cm³/mol. The molecule has 1 aromatic carbocycles. The molecule has 0 aliphatic rings. The molecule has 0 saturated carbocycles. The Balaban J connectivity index is 2.42. The van der Waals surface area contributed by atoms with Gasteiger partial charge in [-0.2, -0.15) is 0 Å². The van der Waals surface area contributed by atoms with Crippen LogP contribution in [0.1, 0.15) is 38.2 Å². The van der Waals surface area contributed by atoms with E-state index in [1.807, 2.05) is 24.3 Å². The van der Waals surface area contributed by atoms with E-state index >= 15 is 0 Å². The summed E-state index contributed by atoms with van der Waals surface area (Å²) < 4.78 is 5.28. The van der Waals surface area contributed by atoms with Gasteiger partial charge in [-0.3, -0.25) is 4.79 Å². The molecule has 0 bridgehead atoms. The number of nitrogens with two attached hydrogens (primary N) is 1. The van der Waals surface area contributed by atoms with Gasteiger partial charge in [0, 0.05) is 19.0 Å². The summed E-state index contributed by atoms with van der Waals surface area (Å²) in [6.45, 7) is 2.64. The zero-order chi connectivity index (χ0) is 14.8. The molecule has 1 unspecified atom stereocenters. The highest BCUT2D eigenvalue weighted by molar-refractivity contribution is 5.76. The highest BCUT2D eigenvalue weighted by atomic mass is 16.5. The van der Waals surface area contributed by atoms with Crippen LogP contribution in [-0.2, 0) is 11.2 Å². The molecule has 112 valence electrons. The van der Waals surface area contributed by atoms with Crippen molar-refractivity contribution in [1.82, 2.24) is 5.32 Å². The Bertz CT molecular complexity index is 407. The van der Waals surface area contributed by atoms with Crippen LogP contribution in [0.5, 0.6) is 5.75 Å². The van der Waals surface area contributed by atoms with Crippen molar-refractivity contribution >= 4 is 5.91 Å². The van der Waals surface area contributed by atoms with Crippen LogP contribution in [0.4, 0.5) is 0 Å². The molecule has 0 heterocycles. The molecule has 0 spiro atoms. The number of para-hydroxylation sites is 1. The molecule has 0 saturated heterocycles. The summed E-state index contributed by atoms with van der Waals surface area (Å²) in [7, 11) is 1.65. The largest absolute Gasteiger partial charge is 0.496 e. The number of carbonyl (C=O) groups excluding carboxylic acids is 1. The molecule has 1 atom stereocenters. The minimum absolute atomic E-state index is 0.0578. The molecular formula is C16H26N2O2. The normalized spacial score (nSPS) is 11.9. The molecule has 4 heteroatoms. The maximum Gasteiger partial charge on any atom is 0.220 e. The predicted octanol–water partition coefficient (Wildman–Crippen LogP) is 2.26. The molecular weight excluding hydrogens is 252 g/mol. The van der Waals surface area contributed by atoms with Crippen molar-refractivity contribution < 1.29 is 9.53 Å². The number of amides is 1. The fourth-order valence-electron chi connectivity index (χ4n) is 2.16. The minimum atomic E-state index is 0.0578. The van der Waals surface area contributed by atoms with E-state index in [0.29, 0.717) is 19.4 Å². The lowest BCUT2D eigenvalue weighted by molar-refractivity contribution is -0.121. The van der Waals surface area contributed by atoms with Crippen molar-refractivity contribution in [1.29, 1.82) is 0 Å². The van der Waals surface area contributed by atoms with Gasteiger partial charge in [-0.1, -0.05) is 38.0 Å². The van der Waals surface area contributed by atoms with Gasteiger partial charge in [-0.15, -0.1) is 0 Å². The van der Waals surface area contributed by atoms with Gasteiger partial charge < -0.3 is 15.8 Å². The van der Waals surface area contributed by atoms with Crippen LogP contribution in [0.2, 0.25) is 0 Å². The van der Waals surface area contributed by atoms with E-state index in [4.69, 9.17) is 10.5 Å². The first-order chi connectivity index (χ1) is 9.71. The molecule has 0 radical (unpaired) electrons. The molecule has 4 nitrogen and oxygen atoms in total. The maximum atomic E-state index is 11.9. The zero-order valence-corrected chi connectivity index (χ0v) is 12.5. The van der Waals surface area contributed by atoms with Crippen LogP contribution in [-0.4, -0.2) is 25.6 Å². The highest BCUT2D eigenvalue weighted by Gasteiger charge is 2.11. The second-order valence-electron chi connectivity index (χ2n) is 4.95. The first-order valence-electron chi connectivity index (χ1n) is 7.32. The number of hydrogen-bond donors (Lipinski definition) is 2. The average molecular weight is 278 g/mol. The zero-order valence-electron chi connectivity index (χ0n) is 12.5. The van der Waals surface area contributed by atoms with Gasteiger partial charge in [-0.25, -0.2) is 0 Å². The summed E-state index contributed by atoms with van der Waals surface area (Å²) >= 11 is 0. The second-order valence-corrected chi connectivity index (χ2v) is 4.95. The first kappa shape index (κ1) is 16.5. The lowest BCUT2D eigenvalue weighted by Crippen LogP contribution is -2.40. The van der Waals surface area contributed by atoms with Crippen LogP contribution >= 0.6 is 0 Å². The molecule has 1 amide bonds. The number of unbranched alkanes of at least 4 members (excludes halogenated alkanes) is 1. The Hall–Kier alpha value is -1.55. The maximum absolute atomic E-state index is 11.9. The third kappa shape index (κ3) is 5.61. The number of rotatable bonds is 9. The number of carbonyl (C=O) groups is 1. The van der Waals surface area contributed by atoms with Crippen molar-refractivity contribution in [2.75, 3.05) is 13.7 Å². The topological polar surface area (TPSA) is 64.3 Å². The average Bonchev–Trinajstić information content (AvgIpc) is 2.49. The van der Waals surface area contributed by atoms with E-state index in [1.165, 1.54) is 0 Å². The van der Waals surface area contributed by atoms with Crippen LogP contribution in [0.3, 0.4) is 0 Å². The van der Waals surface area contributed by atoms with Gasteiger partial charge in [0.2, 0.25) is 5.91 Å². The number of aryl methyl sites for hydroxylation is 1. The van der Waals surface area contributed by atoms with Gasteiger partial charge in [0.15, 0.2) is 0 Å². The van der Waals surface area contributed by atoms with E-state index in [1.54, 1.807) is 7.11 Å². The van der Waals surface area contributed by atoms with Gasteiger partial charge in [0.25, 0.3) is 0 Å². The van der Waals surface area contributed by atoms with Crippen molar-refractivity contribution in [2.45, 2.75) is 45.1 Å². The molecule has 1 rings (SSSR count). The minimum Gasteiger partial charge on any atom is -0.496 e. The number of hydrogen-bond acceptors (Lipinski definition) is 3. The number of benzene rings is 1. The first-order valence-corrected chi connectivity index (χ1v) is 7.32. The third-order valence-electron chi connectivity index (χ3n) is 3.37. The summed E-state index contributed by atoms with van der Waals surface area (Å²) in [6, 6.07) is 7.89. The Kier molecular flexibility index (Phi) is 7.73. The van der Waals surface area contributed by atoms with E-state index in [9.17, 15) is 4.79 Å². The molecule has 3 N–H and O–H groups in total. The molecule has 0 fully saturated rings. The quantitative estimate of drug-likeness (QED) is 0.728. The summed E-state index contributed by atoms with van der Waals surface area (Å²) in [5, 5.41) is 3.00. The van der Waals surface area contributed by atoms with Gasteiger partial charge in [0.05, 0.1) is 7.11 Å². The Morgan fingerprint density at radius 2 is 2.15 bits per heavy atom. The van der Waals surface area contributed by atoms with Gasteiger partial charge >= 0.3 is 0 Å². The number of ether oxygens (including phenoxy) is 1. The fourth-order valence-corrected chi connectivity index (χ4v) is 2.16. The molecule has 0 aromatic heterocycles. The van der Waals surface area contributed by atoms with Crippen molar-refractivity contribution in [3.8, 4) is 5.75 Å². The molecule has 1 aromatic rings. The summed E-state index contributed by atoms with van der Waals surface area (Å²) in [6.07, 6.45) is 4.31. The van der Waals surface area contributed by atoms with Crippen LogP contribution in [0.25, 0.3) is 0 Å². The van der Waals surface area contributed by atoms with Crippen LogP contribution in [0.15, 0.2) is 24.3 Å². The molecule has 20 heavy (non-hydrogen) atoms. The molecule has 0 aliphatic heterocycles. The van der Waals surface area contributed by atoms with Crippen LogP contribution < -0.4 is 15.8 Å². The lowest BCUT2D eigenvalue weighted by atomic mass is 10.1. The third-order valence-corrected chi connectivity index (χ3v) is 3.37. The van der Waals surface area contributed by atoms with E-state index < -0.39 is 0 Å². The SMILES string of the molecule is CCCCC(CN)NC(=O)CCc1ccccc1OC. The Morgan fingerprint density at radius 1 is 1.40 bits per heavy atom. The van der Waals surface area contributed by atoms with E-state index in [-0.39, 0.29) is 11.9 Å². The van der Waals surface area contributed by atoms with E-state index in [0.717, 1.165) is 30.6 Å². The second kappa shape index (κ2) is 9.37. The fraction of sp³-hybridized carbons (Fsp3) is 0.562. The lowest BCUT2D eigenvalue weighted by Gasteiger charge is -2.16. The Labute approximate surface area is 121 Å². The standard InChI is InChI=1S/C16H26N2O2/c1-3-4-8-14(12-17)18-16(19)11-10-13-7-5-6-9-15(13)20-2/h5-7,9,14H,3-4,8,10-12,17H2,1-2H3,(H,18,19). The van der Waals surface area contributed by atoms with Gasteiger partial charge in [0.1, 0.15) is 5.75 Å². The van der Waals surface area contributed by atoms with E-state index in [2.05, 4.69) is 12.2 Å². The number of nitrogens with one attached hydrogen (secondary N) is 1. The molecule has 0 aliphatic carbocycles. The number of methoxy groups -OCH3 is 1. The van der Waals surface area contributed by atoms with Crippen molar-refractivity contribution in [2.24, 2.45) is 5.73 Å². The van der Waals surface area contributed by atoms with Gasteiger partial charge in [-0.05, 0) is 24.5 Å². The highest BCUT2D eigenvalue weighted by Crippen LogP contribution is 2.18.